The number of halogens is 2. The van der Waals surface area contributed by atoms with E-state index in [-0.39, 0.29) is 5.57 Å². The minimum Gasteiger partial charge on any atom is -0.273 e. The normalized spacial score (nSPS) is 16.4. The van der Waals surface area contributed by atoms with Crippen LogP contribution in [-0.2, 0) is 9.59 Å². The van der Waals surface area contributed by atoms with Crippen molar-refractivity contribution in [3.63, 3.8) is 0 Å². The predicted octanol–water partition coefficient (Wildman–Crippen LogP) is 3.97. The molecule has 0 aromatic heterocycles. The Hall–Kier alpha value is -2.63. The molecule has 5 nitrogen and oxygen atoms in total. The molecule has 1 fully saturated rings. The summed E-state index contributed by atoms with van der Waals surface area (Å²) in [6.45, 7) is 1.89. The molecule has 1 heterocycles. The average Bonchev–Trinajstić information content (AvgIpc) is 2.55. The molecule has 0 unspecified atom stereocenters. The summed E-state index contributed by atoms with van der Waals surface area (Å²) in [6.07, 6.45) is 1.29. The molecule has 0 spiro atoms. The summed E-state index contributed by atoms with van der Waals surface area (Å²) in [5.74, 6) is -1.54. The fourth-order valence-electron chi connectivity index (χ4n) is 2.38. The molecule has 3 rings (SSSR count). The fraction of sp³-hybridized carbons (Fsp3) is 0.0556. The van der Waals surface area contributed by atoms with Crippen molar-refractivity contribution < 1.29 is 14.4 Å². The van der Waals surface area contributed by atoms with Gasteiger partial charge >= 0.3 is 6.03 Å². The highest BCUT2D eigenvalue weighted by Gasteiger charge is 2.37. The molecule has 1 aliphatic rings. The maximum absolute atomic E-state index is 12.7. The van der Waals surface area contributed by atoms with Gasteiger partial charge in [0, 0.05) is 15.6 Å². The van der Waals surface area contributed by atoms with Crippen LogP contribution in [0.3, 0.4) is 0 Å². The zero-order chi connectivity index (χ0) is 18.1. The van der Waals surface area contributed by atoms with E-state index in [1.807, 2.05) is 6.92 Å². The average molecular weight is 375 g/mol. The van der Waals surface area contributed by atoms with E-state index in [1.165, 1.54) is 6.08 Å². The first-order valence-corrected chi connectivity index (χ1v) is 8.06. The van der Waals surface area contributed by atoms with Crippen LogP contribution in [-0.4, -0.2) is 17.8 Å². The van der Waals surface area contributed by atoms with E-state index in [9.17, 15) is 14.4 Å². The van der Waals surface area contributed by atoms with Crippen molar-refractivity contribution >= 4 is 52.8 Å². The zero-order valence-electron chi connectivity index (χ0n) is 13.0. The molecule has 1 saturated heterocycles. The van der Waals surface area contributed by atoms with E-state index in [1.54, 1.807) is 42.5 Å². The van der Waals surface area contributed by atoms with Crippen LogP contribution in [0, 0.1) is 6.92 Å². The number of carbonyl (C=O) groups is 3. The Morgan fingerprint density at radius 2 is 1.56 bits per heavy atom. The van der Waals surface area contributed by atoms with Crippen LogP contribution in [0.15, 0.2) is 48.0 Å². The molecular weight excluding hydrogens is 363 g/mol. The number of barbiturate groups is 1. The highest BCUT2D eigenvalue weighted by Crippen LogP contribution is 2.28. The third-order valence-corrected chi connectivity index (χ3v) is 4.34. The van der Waals surface area contributed by atoms with Gasteiger partial charge < -0.3 is 0 Å². The first kappa shape index (κ1) is 17.2. The van der Waals surface area contributed by atoms with E-state index < -0.39 is 17.8 Å². The van der Waals surface area contributed by atoms with E-state index in [0.717, 1.165) is 10.5 Å². The second kappa shape index (κ2) is 6.70. The summed E-state index contributed by atoms with van der Waals surface area (Å²) < 4.78 is 0. The molecule has 2 aromatic rings. The lowest BCUT2D eigenvalue weighted by molar-refractivity contribution is -0.122. The van der Waals surface area contributed by atoms with Gasteiger partial charge in [0.15, 0.2) is 0 Å². The number of nitrogens with one attached hydrogen (secondary N) is 1. The molecule has 0 aliphatic carbocycles. The van der Waals surface area contributed by atoms with Gasteiger partial charge in [-0.1, -0.05) is 47.0 Å². The molecule has 0 atom stereocenters. The molecule has 25 heavy (non-hydrogen) atoms. The van der Waals surface area contributed by atoms with E-state index >= 15 is 0 Å². The SMILES string of the molecule is Cc1ccc(N2C(=O)NC(=O)C(=Cc3c(Cl)cccc3Cl)C2=O)cc1. The van der Waals surface area contributed by atoms with Crippen LogP contribution >= 0.6 is 23.2 Å². The number of carbonyl (C=O) groups excluding carboxylic acids is 3. The number of imide groups is 2. The van der Waals surface area contributed by atoms with Gasteiger partial charge in [0.2, 0.25) is 0 Å². The van der Waals surface area contributed by atoms with Gasteiger partial charge in [0.1, 0.15) is 5.57 Å². The van der Waals surface area contributed by atoms with Crippen LogP contribution in [0.1, 0.15) is 11.1 Å². The summed E-state index contributed by atoms with van der Waals surface area (Å²) >= 11 is 12.2. The molecule has 0 bridgehead atoms. The summed E-state index contributed by atoms with van der Waals surface area (Å²) in [7, 11) is 0. The minimum absolute atomic E-state index is 0.227. The van der Waals surface area contributed by atoms with Crippen molar-refractivity contribution in [3.8, 4) is 0 Å². The molecule has 7 heteroatoms. The molecule has 126 valence electrons. The summed E-state index contributed by atoms with van der Waals surface area (Å²) in [5, 5.41) is 2.74. The quantitative estimate of drug-likeness (QED) is 0.638. The van der Waals surface area contributed by atoms with Crippen molar-refractivity contribution in [1.82, 2.24) is 5.32 Å². The number of hydrogen-bond donors (Lipinski definition) is 1. The molecule has 2 aromatic carbocycles. The van der Waals surface area contributed by atoms with Gasteiger partial charge in [0.05, 0.1) is 5.69 Å². The van der Waals surface area contributed by atoms with Gasteiger partial charge in [-0.15, -0.1) is 0 Å². The van der Waals surface area contributed by atoms with Gasteiger partial charge in [-0.2, -0.15) is 0 Å². The molecule has 0 saturated carbocycles. The number of hydrogen-bond acceptors (Lipinski definition) is 3. The Balaban J connectivity index is 2.07. The lowest BCUT2D eigenvalue weighted by Crippen LogP contribution is -2.54. The van der Waals surface area contributed by atoms with E-state index in [2.05, 4.69) is 5.32 Å². The molecule has 4 amide bonds. The van der Waals surface area contributed by atoms with Crippen molar-refractivity contribution in [2.24, 2.45) is 0 Å². The van der Waals surface area contributed by atoms with Crippen molar-refractivity contribution in [2.45, 2.75) is 6.92 Å². The third kappa shape index (κ3) is 3.29. The standard InChI is InChI=1S/C18H12Cl2N2O3/c1-10-5-7-11(8-6-10)22-17(24)13(16(23)21-18(22)25)9-12-14(19)3-2-4-15(12)20/h2-9H,1H3,(H,21,23,25). The number of anilines is 1. The molecule has 0 radical (unpaired) electrons. The Kier molecular flexibility index (Phi) is 4.61. The number of aryl methyl sites for hydroxylation is 1. The van der Waals surface area contributed by atoms with E-state index in [4.69, 9.17) is 23.2 Å². The maximum Gasteiger partial charge on any atom is 0.335 e. The van der Waals surface area contributed by atoms with Crippen molar-refractivity contribution in [2.75, 3.05) is 4.90 Å². The van der Waals surface area contributed by atoms with Crippen LogP contribution in [0.25, 0.3) is 6.08 Å². The number of amides is 4. The van der Waals surface area contributed by atoms with Gasteiger partial charge in [-0.05, 0) is 37.3 Å². The monoisotopic (exact) mass is 374 g/mol. The third-order valence-electron chi connectivity index (χ3n) is 3.68. The highest BCUT2D eigenvalue weighted by atomic mass is 35.5. The maximum atomic E-state index is 12.7. The number of benzene rings is 2. The van der Waals surface area contributed by atoms with Crippen LogP contribution < -0.4 is 10.2 Å². The summed E-state index contributed by atoms with van der Waals surface area (Å²) in [6, 6.07) is 10.8. The number of rotatable bonds is 2. The van der Waals surface area contributed by atoms with Gasteiger partial charge in [-0.3, -0.25) is 14.9 Å². The Morgan fingerprint density at radius 3 is 2.16 bits per heavy atom. The van der Waals surface area contributed by atoms with Gasteiger partial charge in [0.25, 0.3) is 11.8 Å². The van der Waals surface area contributed by atoms with Crippen molar-refractivity contribution in [3.05, 3.63) is 69.2 Å². The highest BCUT2D eigenvalue weighted by molar-refractivity contribution is 6.41. The van der Waals surface area contributed by atoms with Crippen LogP contribution in [0.4, 0.5) is 10.5 Å². The first-order valence-electron chi connectivity index (χ1n) is 7.30. The smallest absolute Gasteiger partial charge is 0.273 e. The Labute approximate surface area is 153 Å². The summed E-state index contributed by atoms with van der Waals surface area (Å²) in [4.78, 5) is 37.9. The Morgan fingerprint density at radius 1 is 0.960 bits per heavy atom. The zero-order valence-corrected chi connectivity index (χ0v) is 14.6. The molecule has 1 N–H and O–H groups in total. The largest absolute Gasteiger partial charge is 0.335 e. The first-order chi connectivity index (χ1) is 11.9. The molecular formula is C18H12Cl2N2O3. The Bertz CT molecular complexity index is 900. The molecule has 1 aliphatic heterocycles. The van der Waals surface area contributed by atoms with Gasteiger partial charge in [-0.25, -0.2) is 9.69 Å². The van der Waals surface area contributed by atoms with Crippen LogP contribution in [0.2, 0.25) is 10.0 Å². The van der Waals surface area contributed by atoms with Crippen LogP contribution in [0.5, 0.6) is 0 Å². The second-order valence-corrected chi connectivity index (χ2v) is 6.24. The number of nitrogens with zero attached hydrogens (tertiary/aromatic N) is 1. The predicted molar refractivity (Wildman–Crippen MR) is 96.6 cm³/mol. The fourth-order valence-corrected chi connectivity index (χ4v) is 2.89. The summed E-state index contributed by atoms with van der Waals surface area (Å²) in [5.41, 5.74) is 1.44. The second-order valence-electron chi connectivity index (χ2n) is 5.43. The van der Waals surface area contributed by atoms with E-state index in [0.29, 0.717) is 21.3 Å². The topological polar surface area (TPSA) is 66.5 Å². The minimum atomic E-state index is -0.804. The van der Waals surface area contributed by atoms with Crippen molar-refractivity contribution in [1.29, 1.82) is 0 Å². The number of urea groups is 1. The lowest BCUT2D eigenvalue weighted by atomic mass is 10.1. The lowest BCUT2D eigenvalue weighted by Gasteiger charge is -2.26.